The van der Waals surface area contributed by atoms with E-state index < -0.39 is 0 Å². The summed E-state index contributed by atoms with van der Waals surface area (Å²) in [6, 6.07) is 12.4. The van der Waals surface area contributed by atoms with E-state index in [2.05, 4.69) is 9.71 Å². The van der Waals surface area contributed by atoms with Gasteiger partial charge in [0.15, 0.2) is 5.43 Å². The third-order valence-corrected chi connectivity index (χ3v) is 3.55. The first-order valence-electron chi connectivity index (χ1n) is 6.09. The Labute approximate surface area is 119 Å². The molecule has 100 valence electrons. The molecular formula is C15H12N2O2S. The van der Waals surface area contributed by atoms with Gasteiger partial charge in [-0.25, -0.2) is 0 Å². The molecule has 0 aliphatic rings. The van der Waals surface area contributed by atoms with E-state index in [-0.39, 0.29) is 11.3 Å². The summed E-state index contributed by atoms with van der Waals surface area (Å²) in [5.41, 5.74) is 1.94. The largest absolute Gasteiger partial charge is 0.354 e. The third-order valence-electron chi connectivity index (χ3n) is 3.16. The number of hydrogen-bond donors (Lipinski definition) is 2. The molecule has 0 aliphatic heterocycles. The molecule has 0 saturated heterocycles. The molecule has 3 aromatic rings. The van der Waals surface area contributed by atoms with Crippen molar-refractivity contribution in [2.75, 3.05) is 6.26 Å². The monoisotopic (exact) mass is 284 g/mol. The van der Waals surface area contributed by atoms with Gasteiger partial charge in [-0.2, -0.15) is 0 Å². The molecule has 2 aromatic carbocycles. The number of aromatic nitrogens is 1. The third kappa shape index (κ3) is 2.06. The standard InChI is InChI=1S/C15H12N2O2S/c1-20-17-15(19)9-6-7-11-13(8-9)16-12-5-3-2-4-10(12)14(11)18/h2-8H,1H3,(H,16,18)(H,17,19). The molecule has 1 aromatic heterocycles. The quantitative estimate of drug-likeness (QED) is 0.562. The second kappa shape index (κ2) is 5.02. The van der Waals surface area contributed by atoms with E-state index in [9.17, 15) is 9.59 Å². The van der Waals surface area contributed by atoms with E-state index in [1.807, 2.05) is 18.2 Å². The number of rotatable bonds is 2. The van der Waals surface area contributed by atoms with Crippen molar-refractivity contribution in [3.8, 4) is 0 Å². The molecule has 4 nitrogen and oxygen atoms in total. The summed E-state index contributed by atoms with van der Waals surface area (Å²) in [6.45, 7) is 0. The van der Waals surface area contributed by atoms with Crippen LogP contribution in [0.2, 0.25) is 0 Å². The Balaban J connectivity index is 2.27. The molecule has 2 N–H and O–H groups in total. The molecular weight excluding hydrogens is 272 g/mol. The number of nitrogens with one attached hydrogen (secondary N) is 2. The highest BCUT2D eigenvalue weighted by atomic mass is 32.2. The molecule has 0 spiro atoms. The van der Waals surface area contributed by atoms with Crippen LogP contribution in [0.4, 0.5) is 0 Å². The smallest absolute Gasteiger partial charge is 0.261 e. The fourth-order valence-corrected chi connectivity index (χ4v) is 2.52. The number of carbonyl (C=O) groups excluding carboxylic acids is 1. The summed E-state index contributed by atoms with van der Waals surface area (Å²) >= 11 is 1.24. The molecule has 0 saturated carbocycles. The van der Waals surface area contributed by atoms with E-state index in [4.69, 9.17) is 0 Å². The molecule has 0 aliphatic carbocycles. The molecule has 5 heteroatoms. The number of H-pyrrole nitrogens is 1. The Bertz CT molecular complexity index is 871. The van der Waals surface area contributed by atoms with Crippen LogP contribution in [0.3, 0.4) is 0 Å². The van der Waals surface area contributed by atoms with Crippen molar-refractivity contribution < 1.29 is 4.79 Å². The number of benzene rings is 2. The summed E-state index contributed by atoms with van der Waals surface area (Å²) in [6.07, 6.45) is 1.79. The minimum atomic E-state index is -0.173. The van der Waals surface area contributed by atoms with Gasteiger partial charge >= 0.3 is 0 Å². The van der Waals surface area contributed by atoms with Crippen LogP contribution in [-0.4, -0.2) is 17.1 Å². The van der Waals surface area contributed by atoms with Crippen LogP contribution >= 0.6 is 11.9 Å². The summed E-state index contributed by atoms with van der Waals surface area (Å²) in [7, 11) is 0. The lowest BCUT2D eigenvalue weighted by Gasteiger charge is -2.05. The lowest BCUT2D eigenvalue weighted by molar-refractivity contribution is 0.0984. The van der Waals surface area contributed by atoms with E-state index in [1.165, 1.54) is 11.9 Å². The fourth-order valence-electron chi connectivity index (χ4n) is 2.22. The van der Waals surface area contributed by atoms with Crippen LogP contribution < -0.4 is 10.2 Å². The van der Waals surface area contributed by atoms with Crippen molar-refractivity contribution >= 4 is 39.7 Å². The first kappa shape index (κ1) is 12.7. The predicted molar refractivity (Wildman–Crippen MR) is 83.1 cm³/mol. The maximum absolute atomic E-state index is 12.4. The fraction of sp³-hybridized carbons (Fsp3) is 0.0667. The lowest BCUT2D eigenvalue weighted by atomic mass is 10.1. The summed E-state index contributed by atoms with van der Waals surface area (Å²) in [5, 5.41) is 1.24. The van der Waals surface area contributed by atoms with Gasteiger partial charge in [-0.05, 0) is 30.3 Å². The topological polar surface area (TPSA) is 62.0 Å². The molecule has 0 bridgehead atoms. The van der Waals surface area contributed by atoms with Crippen LogP contribution in [0.5, 0.6) is 0 Å². The minimum absolute atomic E-state index is 0.0221. The van der Waals surface area contributed by atoms with E-state index in [0.717, 1.165) is 5.52 Å². The molecule has 1 amide bonds. The zero-order chi connectivity index (χ0) is 14.1. The number of pyridine rings is 1. The second-order valence-electron chi connectivity index (χ2n) is 4.40. The van der Waals surface area contributed by atoms with Gasteiger partial charge in [-0.3, -0.25) is 14.3 Å². The molecule has 0 fully saturated rings. The number of aromatic amines is 1. The van der Waals surface area contributed by atoms with Gasteiger partial charge in [0, 0.05) is 28.1 Å². The Hall–Kier alpha value is -2.27. The highest BCUT2D eigenvalue weighted by molar-refractivity contribution is 7.97. The van der Waals surface area contributed by atoms with Gasteiger partial charge in [0.2, 0.25) is 0 Å². The molecule has 3 rings (SSSR count). The Morgan fingerprint density at radius 3 is 2.65 bits per heavy atom. The van der Waals surface area contributed by atoms with Crippen LogP contribution in [0, 0.1) is 0 Å². The number of carbonyl (C=O) groups is 1. The Morgan fingerprint density at radius 2 is 1.85 bits per heavy atom. The van der Waals surface area contributed by atoms with Gasteiger partial charge in [0.05, 0.1) is 5.52 Å². The van der Waals surface area contributed by atoms with E-state index in [0.29, 0.717) is 21.9 Å². The minimum Gasteiger partial charge on any atom is -0.354 e. The molecule has 20 heavy (non-hydrogen) atoms. The second-order valence-corrected chi connectivity index (χ2v) is 5.01. The average molecular weight is 284 g/mol. The highest BCUT2D eigenvalue weighted by Gasteiger charge is 2.09. The maximum Gasteiger partial charge on any atom is 0.261 e. The Kier molecular flexibility index (Phi) is 3.20. The first-order chi connectivity index (χ1) is 9.70. The normalized spacial score (nSPS) is 10.8. The SMILES string of the molecule is CSNC(=O)c1ccc2c(=O)c3ccccc3[nH]c2c1. The number of hydrogen-bond acceptors (Lipinski definition) is 3. The van der Waals surface area contributed by atoms with Crippen LogP contribution in [0.15, 0.2) is 47.3 Å². The number of amides is 1. The van der Waals surface area contributed by atoms with Crippen LogP contribution in [-0.2, 0) is 0 Å². The van der Waals surface area contributed by atoms with Gasteiger partial charge in [-0.15, -0.1) is 0 Å². The average Bonchev–Trinajstić information content (AvgIpc) is 2.47. The van der Waals surface area contributed by atoms with Gasteiger partial charge in [0.1, 0.15) is 0 Å². The highest BCUT2D eigenvalue weighted by Crippen LogP contribution is 2.16. The predicted octanol–water partition coefficient (Wildman–Crippen LogP) is 2.69. The van der Waals surface area contributed by atoms with Crippen molar-refractivity contribution in [2.24, 2.45) is 0 Å². The van der Waals surface area contributed by atoms with Gasteiger partial charge in [-0.1, -0.05) is 24.1 Å². The molecule has 0 radical (unpaired) electrons. The van der Waals surface area contributed by atoms with Gasteiger partial charge < -0.3 is 4.98 Å². The van der Waals surface area contributed by atoms with Gasteiger partial charge in [0.25, 0.3) is 5.91 Å². The lowest BCUT2D eigenvalue weighted by Crippen LogP contribution is -2.15. The van der Waals surface area contributed by atoms with Crippen molar-refractivity contribution in [2.45, 2.75) is 0 Å². The van der Waals surface area contributed by atoms with E-state index in [1.54, 1.807) is 30.5 Å². The van der Waals surface area contributed by atoms with Crippen molar-refractivity contribution in [3.63, 3.8) is 0 Å². The van der Waals surface area contributed by atoms with Crippen molar-refractivity contribution in [3.05, 3.63) is 58.3 Å². The van der Waals surface area contributed by atoms with Crippen molar-refractivity contribution in [1.82, 2.24) is 9.71 Å². The molecule has 0 atom stereocenters. The number of para-hydroxylation sites is 1. The Morgan fingerprint density at radius 1 is 1.10 bits per heavy atom. The first-order valence-corrected chi connectivity index (χ1v) is 7.31. The zero-order valence-corrected chi connectivity index (χ0v) is 11.6. The van der Waals surface area contributed by atoms with Crippen LogP contribution in [0.1, 0.15) is 10.4 Å². The molecule has 1 heterocycles. The number of fused-ring (bicyclic) bond motifs is 2. The molecule has 0 unspecified atom stereocenters. The summed E-state index contributed by atoms with van der Waals surface area (Å²) in [5.74, 6) is -0.173. The zero-order valence-electron chi connectivity index (χ0n) is 10.8. The summed E-state index contributed by atoms with van der Waals surface area (Å²) in [4.78, 5) is 27.4. The van der Waals surface area contributed by atoms with Crippen molar-refractivity contribution in [1.29, 1.82) is 0 Å². The van der Waals surface area contributed by atoms with Crippen LogP contribution in [0.25, 0.3) is 21.8 Å². The maximum atomic E-state index is 12.4. The summed E-state index contributed by atoms with van der Waals surface area (Å²) < 4.78 is 2.66. The van der Waals surface area contributed by atoms with E-state index >= 15 is 0 Å².